The predicted molar refractivity (Wildman–Crippen MR) is 78.9 cm³/mol. The molecule has 0 aliphatic carbocycles. The van der Waals surface area contributed by atoms with Crippen LogP contribution in [0.3, 0.4) is 0 Å². The number of ether oxygens (including phenoxy) is 1. The molecule has 1 aliphatic heterocycles. The van der Waals surface area contributed by atoms with E-state index >= 15 is 0 Å². The second kappa shape index (κ2) is 6.70. The fraction of sp³-hybridized carbons (Fsp3) is 0.600. The van der Waals surface area contributed by atoms with Gasteiger partial charge in [-0.25, -0.2) is 9.78 Å². The zero-order chi connectivity index (χ0) is 14.5. The molecule has 0 bridgehead atoms. The summed E-state index contributed by atoms with van der Waals surface area (Å²) in [5.74, 6) is 0.499. The number of aromatic nitrogens is 1. The van der Waals surface area contributed by atoms with Gasteiger partial charge in [-0.1, -0.05) is 0 Å². The van der Waals surface area contributed by atoms with Gasteiger partial charge in [0, 0.05) is 24.8 Å². The molecule has 1 saturated heterocycles. The fourth-order valence-corrected chi connectivity index (χ4v) is 2.44. The van der Waals surface area contributed by atoms with Crippen molar-refractivity contribution in [2.45, 2.75) is 38.8 Å². The minimum atomic E-state index is -0.320. The Morgan fingerprint density at radius 2 is 2.35 bits per heavy atom. The molecule has 20 heavy (non-hydrogen) atoms. The number of rotatable bonds is 4. The van der Waals surface area contributed by atoms with Gasteiger partial charge in [0.1, 0.15) is 5.82 Å². The van der Waals surface area contributed by atoms with E-state index in [9.17, 15) is 4.79 Å². The maximum absolute atomic E-state index is 11.5. The molecule has 5 heteroatoms. The average Bonchev–Trinajstić information content (AvgIpc) is 2.44. The summed E-state index contributed by atoms with van der Waals surface area (Å²) >= 11 is 0. The van der Waals surface area contributed by atoms with E-state index in [0.717, 1.165) is 25.2 Å². The molecule has 1 aromatic heterocycles. The Morgan fingerprint density at radius 1 is 1.55 bits per heavy atom. The van der Waals surface area contributed by atoms with E-state index in [-0.39, 0.29) is 5.97 Å². The first-order valence-corrected chi connectivity index (χ1v) is 7.20. The van der Waals surface area contributed by atoms with Gasteiger partial charge in [0.15, 0.2) is 0 Å². The molecule has 2 unspecified atom stereocenters. The molecule has 2 rings (SSSR count). The third-order valence-electron chi connectivity index (χ3n) is 3.83. The van der Waals surface area contributed by atoms with Crippen molar-refractivity contribution in [1.82, 2.24) is 9.88 Å². The molecule has 110 valence electrons. The first-order chi connectivity index (χ1) is 9.60. The van der Waals surface area contributed by atoms with Gasteiger partial charge in [0.25, 0.3) is 0 Å². The van der Waals surface area contributed by atoms with E-state index in [2.05, 4.69) is 29.2 Å². The van der Waals surface area contributed by atoms with Crippen LogP contribution < -0.4 is 5.32 Å². The summed E-state index contributed by atoms with van der Waals surface area (Å²) in [6, 6.07) is 4.63. The quantitative estimate of drug-likeness (QED) is 0.855. The normalized spacial score (nSPS) is 23.4. The molecule has 0 aromatic carbocycles. The molecule has 1 N–H and O–H groups in total. The molecule has 1 fully saturated rings. The summed E-state index contributed by atoms with van der Waals surface area (Å²) in [6.07, 6.45) is 3.79. The van der Waals surface area contributed by atoms with E-state index in [0.29, 0.717) is 24.3 Å². The summed E-state index contributed by atoms with van der Waals surface area (Å²) in [5, 5.41) is 3.44. The average molecular weight is 277 g/mol. The minimum Gasteiger partial charge on any atom is -0.462 e. The van der Waals surface area contributed by atoms with E-state index in [4.69, 9.17) is 4.74 Å². The van der Waals surface area contributed by atoms with Crippen molar-refractivity contribution < 1.29 is 9.53 Å². The van der Waals surface area contributed by atoms with Crippen molar-refractivity contribution >= 4 is 11.8 Å². The number of nitrogens with zero attached hydrogens (tertiary/aromatic N) is 2. The third-order valence-corrected chi connectivity index (χ3v) is 3.83. The molecule has 0 saturated carbocycles. The molecule has 0 radical (unpaired) electrons. The number of nitrogens with one attached hydrogen (secondary N) is 1. The molecule has 5 nitrogen and oxygen atoms in total. The first kappa shape index (κ1) is 14.8. The maximum atomic E-state index is 11.5. The van der Waals surface area contributed by atoms with Crippen molar-refractivity contribution in [2.75, 3.05) is 25.5 Å². The number of carbonyl (C=O) groups excluding carboxylic acids is 1. The van der Waals surface area contributed by atoms with Crippen LogP contribution in [0, 0.1) is 0 Å². The van der Waals surface area contributed by atoms with Crippen LogP contribution in [-0.2, 0) is 4.74 Å². The molecule has 0 spiro atoms. The van der Waals surface area contributed by atoms with Gasteiger partial charge >= 0.3 is 5.97 Å². The largest absolute Gasteiger partial charge is 0.462 e. The van der Waals surface area contributed by atoms with E-state index in [1.165, 1.54) is 0 Å². The topological polar surface area (TPSA) is 54.5 Å². The Kier molecular flexibility index (Phi) is 4.95. The molecule has 2 heterocycles. The number of esters is 1. The SMILES string of the molecule is CCOC(=O)c1ccc(NC2CCN(C)C(C)C2)nc1. The van der Waals surface area contributed by atoms with Gasteiger partial charge in [0.2, 0.25) is 0 Å². The van der Waals surface area contributed by atoms with Crippen LogP contribution in [0.1, 0.15) is 37.0 Å². The van der Waals surface area contributed by atoms with Crippen molar-refractivity contribution in [2.24, 2.45) is 0 Å². The Labute approximate surface area is 120 Å². The van der Waals surface area contributed by atoms with Gasteiger partial charge in [-0.2, -0.15) is 0 Å². The predicted octanol–water partition coefficient (Wildman–Crippen LogP) is 2.15. The van der Waals surface area contributed by atoms with E-state index in [1.807, 2.05) is 6.07 Å². The lowest BCUT2D eigenvalue weighted by Crippen LogP contribution is -2.42. The van der Waals surface area contributed by atoms with Crippen LogP contribution >= 0.6 is 0 Å². The highest BCUT2D eigenvalue weighted by atomic mass is 16.5. The zero-order valence-corrected chi connectivity index (χ0v) is 12.4. The summed E-state index contributed by atoms with van der Waals surface area (Å²) in [4.78, 5) is 18.2. The Hall–Kier alpha value is -1.62. The second-order valence-electron chi connectivity index (χ2n) is 5.35. The number of carbonyl (C=O) groups is 1. The molecular formula is C15H23N3O2. The van der Waals surface area contributed by atoms with E-state index < -0.39 is 0 Å². The number of pyridine rings is 1. The van der Waals surface area contributed by atoms with Crippen LogP contribution in [0.5, 0.6) is 0 Å². The Bertz CT molecular complexity index is 447. The number of anilines is 1. The van der Waals surface area contributed by atoms with Crippen LogP contribution in [0.25, 0.3) is 0 Å². The van der Waals surface area contributed by atoms with Gasteiger partial charge in [-0.05, 0) is 45.9 Å². The maximum Gasteiger partial charge on any atom is 0.339 e. The highest BCUT2D eigenvalue weighted by Crippen LogP contribution is 2.19. The fourth-order valence-electron chi connectivity index (χ4n) is 2.44. The summed E-state index contributed by atoms with van der Waals surface area (Å²) < 4.78 is 4.94. The second-order valence-corrected chi connectivity index (χ2v) is 5.35. The molecule has 0 amide bonds. The minimum absolute atomic E-state index is 0.320. The van der Waals surface area contributed by atoms with Gasteiger partial charge in [-0.3, -0.25) is 0 Å². The van der Waals surface area contributed by atoms with Gasteiger partial charge in [-0.15, -0.1) is 0 Å². The van der Waals surface area contributed by atoms with Crippen LogP contribution in [0.4, 0.5) is 5.82 Å². The standard InChI is InChI=1S/C15H23N3O2/c1-4-20-15(19)12-5-6-14(16-10-12)17-13-7-8-18(3)11(2)9-13/h5-6,10-11,13H,4,7-9H2,1-3H3,(H,16,17). The van der Waals surface area contributed by atoms with Crippen LogP contribution in [0.15, 0.2) is 18.3 Å². The number of likely N-dealkylation sites (tertiary alicyclic amines) is 1. The highest BCUT2D eigenvalue weighted by molar-refractivity contribution is 5.89. The van der Waals surface area contributed by atoms with Crippen molar-refractivity contribution in [3.05, 3.63) is 23.9 Å². The van der Waals surface area contributed by atoms with Gasteiger partial charge in [0.05, 0.1) is 12.2 Å². The molecule has 1 aromatic rings. The monoisotopic (exact) mass is 277 g/mol. The number of hydrogen-bond donors (Lipinski definition) is 1. The van der Waals surface area contributed by atoms with Crippen molar-refractivity contribution in [3.63, 3.8) is 0 Å². The van der Waals surface area contributed by atoms with Crippen LogP contribution in [0.2, 0.25) is 0 Å². The molecule has 2 atom stereocenters. The van der Waals surface area contributed by atoms with Crippen molar-refractivity contribution in [3.8, 4) is 0 Å². The highest BCUT2D eigenvalue weighted by Gasteiger charge is 2.22. The summed E-state index contributed by atoms with van der Waals surface area (Å²) in [5.41, 5.74) is 0.495. The lowest BCUT2D eigenvalue weighted by atomic mass is 9.99. The molecule has 1 aliphatic rings. The lowest BCUT2D eigenvalue weighted by Gasteiger charge is -2.35. The smallest absolute Gasteiger partial charge is 0.339 e. The number of hydrogen-bond acceptors (Lipinski definition) is 5. The van der Waals surface area contributed by atoms with Crippen molar-refractivity contribution in [1.29, 1.82) is 0 Å². The Balaban J connectivity index is 1.92. The summed E-state index contributed by atoms with van der Waals surface area (Å²) in [6.45, 7) is 5.51. The van der Waals surface area contributed by atoms with E-state index in [1.54, 1.807) is 19.2 Å². The lowest BCUT2D eigenvalue weighted by molar-refractivity contribution is 0.0526. The Morgan fingerprint density at radius 3 is 2.95 bits per heavy atom. The van der Waals surface area contributed by atoms with Crippen LogP contribution in [-0.4, -0.2) is 48.1 Å². The zero-order valence-electron chi connectivity index (χ0n) is 12.4. The summed E-state index contributed by atoms with van der Waals surface area (Å²) in [7, 11) is 2.16. The number of piperidine rings is 1. The molecular weight excluding hydrogens is 254 g/mol. The first-order valence-electron chi connectivity index (χ1n) is 7.20. The van der Waals surface area contributed by atoms with Gasteiger partial charge < -0.3 is 15.0 Å². The third kappa shape index (κ3) is 3.70.